The molecular formula is C11H6Br2ClFOS. The fourth-order valence-corrected chi connectivity index (χ4v) is 3.50. The Morgan fingerprint density at radius 2 is 2.00 bits per heavy atom. The maximum Gasteiger partial charge on any atom is 0.129 e. The summed E-state index contributed by atoms with van der Waals surface area (Å²) in [6, 6.07) is 6.15. The molecule has 1 aromatic carbocycles. The van der Waals surface area contributed by atoms with E-state index in [4.69, 9.17) is 11.6 Å². The predicted molar refractivity (Wildman–Crippen MR) is 75.2 cm³/mol. The molecule has 0 bridgehead atoms. The van der Waals surface area contributed by atoms with Crippen molar-refractivity contribution in [3.63, 3.8) is 0 Å². The van der Waals surface area contributed by atoms with Crippen molar-refractivity contribution >= 4 is 54.8 Å². The van der Waals surface area contributed by atoms with Crippen LogP contribution in [0.2, 0.25) is 4.34 Å². The quantitative estimate of drug-likeness (QED) is 0.739. The molecule has 0 saturated heterocycles. The first kappa shape index (κ1) is 13.5. The molecule has 0 aliphatic heterocycles. The van der Waals surface area contributed by atoms with Crippen LogP contribution in [0.4, 0.5) is 4.39 Å². The maximum atomic E-state index is 13.6. The lowest BCUT2D eigenvalue weighted by Gasteiger charge is -2.10. The number of halogens is 4. The second kappa shape index (κ2) is 5.36. The van der Waals surface area contributed by atoms with E-state index < -0.39 is 11.9 Å². The number of benzene rings is 1. The van der Waals surface area contributed by atoms with Gasteiger partial charge in [-0.25, -0.2) is 4.39 Å². The van der Waals surface area contributed by atoms with E-state index in [1.807, 2.05) is 0 Å². The van der Waals surface area contributed by atoms with Crippen LogP contribution < -0.4 is 0 Å². The lowest BCUT2D eigenvalue weighted by molar-refractivity contribution is 0.218. The van der Waals surface area contributed by atoms with Gasteiger partial charge in [-0.2, -0.15) is 0 Å². The fourth-order valence-electron chi connectivity index (χ4n) is 1.38. The van der Waals surface area contributed by atoms with Crippen LogP contribution in [0.1, 0.15) is 16.5 Å². The highest BCUT2D eigenvalue weighted by Crippen LogP contribution is 2.38. The zero-order chi connectivity index (χ0) is 12.6. The molecular weight excluding hydrogens is 394 g/mol. The summed E-state index contributed by atoms with van der Waals surface area (Å²) in [4.78, 5) is 0.596. The van der Waals surface area contributed by atoms with Gasteiger partial charge in [-0.3, -0.25) is 0 Å². The number of hydrogen-bond acceptors (Lipinski definition) is 2. The number of thiophene rings is 1. The Morgan fingerprint density at radius 3 is 2.59 bits per heavy atom. The van der Waals surface area contributed by atoms with Crippen LogP contribution in [0.3, 0.4) is 0 Å². The molecule has 2 aromatic rings. The summed E-state index contributed by atoms with van der Waals surface area (Å²) in [6.07, 6.45) is -1.01. The predicted octanol–water partition coefficient (Wildman–Crippen LogP) is 5.15. The fraction of sp³-hybridized carbons (Fsp3) is 0.0909. The highest BCUT2D eigenvalue weighted by molar-refractivity contribution is 9.10. The molecule has 17 heavy (non-hydrogen) atoms. The Morgan fingerprint density at radius 1 is 1.29 bits per heavy atom. The number of aliphatic hydroxyl groups is 1. The van der Waals surface area contributed by atoms with Crippen LogP contribution in [0.5, 0.6) is 0 Å². The van der Waals surface area contributed by atoms with Gasteiger partial charge in [-0.15, -0.1) is 11.3 Å². The first-order valence-corrected chi connectivity index (χ1v) is 7.35. The van der Waals surface area contributed by atoms with Crippen molar-refractivity contribution in [2.45, 2.75) is 6.10 Å². The Hall–Kier alpha value is 0.0600. The Bertz CT molecular complexity index is 539. The maximum absolute atomic E-state index is 13.6. The minimum absolute atomic E-state index is 0.227. The van der Waals surface area contributed by atoms with Crippen molar-refractivity contribution in [3.05, 3.63) is 53.8 Å². The summed E-state index contributed by atoms with van der Waals surface area (Å²) in [5.41, 5.74) is 0.227. The van der Waals surface area contributed by atoms with Crippen LogP contribution in [0.25, 0.3) is 0 Å². The van der Waals surface area contributed by atoms with Gasteiger partial charge in [-0.1, -0.05) is 27.5 Å². The van der Waals surface area contributed by atoms with Crippen LogP contribution >= 0.6 is 54.8 Å². The van der Waals surface area contributed by atoms with Crippen LogP contribution in [-0.4, -0.2) is 5.11 Å². The van der Waals surface area contributed by atoms with Gasteiger partial charge in [0.25, 0.3) is 0 Å². The van der Waals surface area contributed by atoms with Crippen molar-refractivity contribution in [3.8, 4) is 0 Å². The van der Waals surface area contributed by atoms with Gasteiger partial charge in [0.1, 0.15) is 16.3 Å². The van der Waals surface area contributed by atoms with Crippen molar-refractivity contribution in [2.24, 2.45) is 0 Å². The van der Waals surface area contributed by atoms with Gasteiger partial charge in [0.2, 0.25) is 0 Å². The molecule has 0 aliphatic carbocycles. The standard InChI is InChI=1S/C11H6Br2ClFOS/c12-5-1-2-8(15)6(3-5)10(16)9-4-7(13)11(14)17-9/h1-4,10,16H. The minimum Gasteiger partial charge on any atom is -0.383 e. The van der Waals surface area contributed by atoms with Gasteiger partial charge in [0.05, 0.1) is 0 Å². The van der Waals surface area contributed by atoms with E-state index in [1.54, 1.807) is 18.2 Å². The van der Waals surface area contributed by atoms with Gasteiger partial charge in [0, 0.05) is 19.4 Å². The largest absolute Gasteiger partial charge is 0.383 e. The normalized spacial score (nSPS) is 12.8. The van der Waals surface area contributed by atoms with E-state index in [2.05, 4.69) is 31.9 Å². The molecule has 6 heteroatoms. The first-order valence-electron chi connectivity index (χ1n) is 4.57. The molecule has 0 aliphatic rings. The Labute approximate surface area is 123 Å². The molecule has 1 atom stereocenters. The molecule has 0 amide bonds. The van der Waals surface area contributed by atoms with Gasteiger partial charge in [0.15, 0.2) is 0 Å². The Balaban J connectivity index is 2.42. The zero-order valence-corrected chi connectivity index (χ0v) is 13.0. The van der Waals surface area contributed by atoms with E-state index in [9.17, 15) is 9.50 Å². The monoisotopic (exact) mass is 398 g/mol. The third-order valence-electron chi connectivity index (χ3n) is 2.19. The van der Waals surface area contributed by atoms with Gasteiger partial charge in [-0.05, 0) is 40.2 Å². The lowest BCUT2D eigenvalue weighted by Crippen LogP contribution is -2.00. The van der Waals surface area contributed by atoms with Crippen molar-refractivity contribution in [1.82, 2.24) is 0 Å². The second-order valence-electron chi connectivity index (χ2n) is 3.34. The topological polar surface area (TPSA) is 20.2 Å². The molecule has 90 valence electrons. The van der Waals surface area contributed by atoms with Crippen molar-refractivity contribution in [2.75, 3.05) is 0 Å². The highest BCUT2D eigenvalue weighted by atomic mass is 79.9. The summed E-state index contributed by atoms with van der Waals surface area (Å²) < 4.78 is 15.5. The molecule has 1 aromatic heterocycles. The highest BCUT2D eigenvalue weighted by Gasteiger charge is 2.18. The van der Waals surface area contributed by atoms with Crippen LogP contribution in [-0.2, 0) is 0 Å². The van der Waals surface area contributed by atoms with E-state index in [-0.39, 0.29) is 5.56 Å². The Kier molecular flexibility index (Phi) is 4.26. The molecule has 0 spiro atoms. The molecule has 0 radical (unpaired) electrons. The lowest BCUT2D eigenvalue weighted by atomic mass is 10.1. The first-order chi connectivity index (χ1) is 7.99. The van der Waals surface area contributed by atoms with Crippen LogP contribution in [0, 0.1) is 5.82 Å². The minimum atomic E-state index is -1.01. The summed E-state index contributed by atoms with van der Waals surface area (Å²) >= 11 is 13.6. The molecule has 1 N–H and O–H groups in total. The molecule has 0 saturated carbocycles. The van der Waals surface area contributed by atoms with E-state index in [0.29, 0.717) is 13.7 Å². The third-order valence-corrected chi connectivity index (χ3v) is 5.21. The smallest absolute Gasteiger partial charge is 0.129 e. The molecule has 1 heterocycles. The van der Waals surface area contributed by atoms with Crippen LogP contribution in [0.15, 0.2) is 33.2 Å². The van der Waals surface area contributed by atoms with Crippen molar-refractivity contribution < 1.29 is 9.50 Å². The average molecular weight is 400 g/mol. The third kappa shape index (κ3) is 2.90. The summed E-state index contributed by atoms with van der Waals surface area (Å²) in [7, 11) is 0. The number of rotatable bonds is 2. The summed E-state index contributed by atoms with van der Waals surface area (Å²) in [6.45, 7) is 0. The van der Waals surface area contributed by atoms with E-state index >= 15 is 0 Å². The number of aliphatic hydroxyl groups excluding tert-OH is 1. The summed E-state index contributed by atoms with van der Waals surface area (Å²) in [5, 5.41) is 10.1. The van der Waals surface area contributed by atoms with Gasteiger partial charge < -0.3 is 5.11 Å². The molecule has 0 fully saturated rings. The van der Waals surface area contributed by atoms with E-state index in [1.165, 1.54) is 17.4 Å². The van der Waals surface area contributed by atoms with Crippen molar-refractivity contribution in [1.29, 1.82) is 0 Å². The average Bonchev–Trinajstić information content (AvgIpc) is 2.62. The zero-order valence-electron chi connectivity index (χ0n) is 8.25. The molecule has 1 nitrogen and oxygen atoms in total. The second-order valence-corrected chi connectivity index (χ2v) is 6.79. The SMILES string of the molecule is OC(c1cc(Br)c(Cl)s1)c1cc(Br)ccc1F. The van der Waals surface area contributed by atoms with E-state index in [0.717, 1.165) is 4.47 Å². The number of hydrogen-bond donors (Lipinski definition) is 1. The van der Waals surface area contributed by atoms with Gasteiger partial charge >= 0.3 is 0 Å². The molecule has 1 unspecified atom stereocenters. The summed E-state index contributed by atoms with van der Waals surface area (Å²) in [5.74, 6) is -0.443. The molecule has 2 rings (SSSR count).